The second-order valence-electron chi connectivity index (χ2n) is 7.02. The molecule has 1 spiro atoms. The number of anilines is 2. The minimum atomic E-state index is 0.338. The Labute approximate surface area is 157 Å². The normalized spacial score (nSPS) is 19.5. The summed E-state index contributed by atoms with van der Waals surface area (Å²) in [5.41, 5.74) is 6.37. The molecule has 0 bridgehead atoms. The van der Waals surface area contributed by atoms with Crippen molar-refractivity contribution in [1.82, 2.24) is 15.0 Å². The molecule has 2 aromatic rings. The Morgan fingerprint density at radius 3 is 2.48 bits per heavy atom. The van der Waals surface area contributed by atoms with Crippen LogP contribution in [0.15, 0.2) is 34.6 Å². The fourth-order valence-electron chi connectivity index (χ4n) is 3.99. The summed E-state index contributed by atoms with van der Waals surface area (Å²) in [6, 6.07) is 1.84. The lowest BCUT2D eigenvalue weighted by molar-refractivity contribution is 0.226. The van der Waals surface area contributed by atoms with Gasteiger partial charge in [-0.25, -0.2) is 15.0 Å². The molecule has 1 saturated carbocycles. The lowest BCUT2D eigenvalue weighted by Crippen LogP contribution is -2.39. The van der Waals surface area contributed by atoms with E-state index in [-0.39, 0.29) is 0 Å². The molecule has 4 rings (SSSR count). The average molecular weight is 376 g/mol. The molecule has 25 heavy (non-hydrogen) atoms. The minimum Gasteiger partial charge on any atom is -0.382 e. The highest BCUT2D eigenvalue weighted by Gasteiger charge is 2.37. The van der Waals surface area contributed by atoms with Gasteiger partial charge in [0.1, 0.15) is 16.7 Å². The summed E-state index contributed by atoms with van der Waals surface area (Å²) in [5.74, 6) is 1.31. The van der Waals surface area contributed by atoms with E-state index < -0.39 is 0 Å². The third-order valence-corrected chi connectivity index (χ3v) is 7.01. The summed E-state index contributed by atoms with van der Waals surface area (Å²) in [4.78, 5) is 16.4. The van der Waals surface area contributed by atoms with E-state index in [1.807, 2.05) is 18.5 Å². The van der Waals surface area contributed by atoms with Crippen molar-refractivity contribution < 1.29 is 0 Å². The SMILES string of the molecule is Nc1nccc(Sc2cnc(N3CCC4(CCCC4)CC3)cn2)c1Cl. The number of hydrogen-bond acceptors (Lipinski definition) is 6. The van der Waals surface area contributed by atoms with Crippen LogP contribution in [0.25, 0.3) is 0 Å². The van der Waals surface area contributed by atoms with Gasteiger partial charge in [0.25, 0.3) is 0 Å². The van der Waals surface area contributed by atoms with E-state index in [4.69, 9.17) is 17.3 Å². The molecule has 0 amide bonds. The highest BCUT2D eigenvalue weighted by atomic mass is 35.5. The quantitative estimate of drug-likeness (QED) is 0.856. The van der Waals surface area contributed by atoms with Crippen LogP contribution >= 0.6 is 23.4 Å². The number of nitrogen functional groups attached to an aromatic ring is 1. The van der Waals surface area contributed by atoms with Crippen LogP contribution in [0.4, 0.5) is 11.6 Å². The van der Waals surface area contributed by atoms with Crippen molar-refractivity contribution in [3.63, 3.8) is 0 Å². The van der Waals surface area contributed by atoms with E-state index in [2.05, 4.69) is 19.9 Å². The predicted octanol–water partition coefficient (Wildman–Crippen LogP) is 4.42. The first kappa shape index (κ1) is 16.9. The fourth-order valence-corrected chi connectivity index (χ4v) is 4.98. The number of piperidine rings is 1. The van der Waals surface area contributed by atoms with E-state index in [0.29, 0.717) is 16.3 Å². The largest absolute Gasteiger partial charge is 0.382 e. The van der Waals surface area contributed by atoms with Crippen LogP contribution in [0.2, 0.25) is 5.02 Å². The Morgan fingerprint density at radius 1 is 1.04 bits per heavy atom. The zero-order valence-electron chi connectivity index (χ0n) is 14.1. The maximum atomic E-state index is 6.19. The summed E-state index contributed by atoms with van der Waals surface area (Å²) in [6.07, 6.45) is 13.6. The van der Waals surface area contributed by atoms with Gasteiger partial charge < -0.3 is 10.6 Å². The first-order chi connectivity index (χ1) is 12.2. The van der Waals surface area contributed by atoms with Crippen LogP contribution in [-0.2, 0) is 0 Å². The van der Waals surface area contributed by atoms with Crippen molar-refractivity contribution in [2.75, 3.05) is 23.7 Å². The fraction of sp³-hybridized carbons (Fsp3) is 0.500. The van der Waals surface area contributed by atoms with Crippen LogP contribution in [0, 0.1) is 5.41 Å². The second-order valence-corrected chi connectivity index (χ2v) is 8.46. The number of aromatic nitrogens is 3. The molecular formula is C18H22ClN5S. The molecule has 0 aromatic carbocycles. The van der Waals surface area contributed by atoms with Crippen LogP contribution in [-0.4, -0.2) is 28.0 Å². The van der Waals surface area contributed by atoms with Gasteiger partial charge in [0.05, 0.1) is 17.4 Å². The number of halogens is 1. The van der Waals surface area contributed by atoms with Crippen molar-refractivity contribution in [1.29, 1.82) is 0 Å². The Morgan fingerprint density at radius 2 is 1.80 bits per heavy atom. The molecular weight excluding hydrogens is 354 g/mol. The molecule has 2 aliphatic rings. The van der Waals surface area contributed by atoms with E-state index >= 15 is 0 Å². The Hall–Kier alpha value is -1.53. The Balaban J connectivity index is 1.41. The topological polar surface area (TPSA) is 67.9 Å². The van der Waals surface area contributed by atoms with Gasteiger partial charge in [0.15, 0.2) is 0 Å². The van der Waals surface area contributed by atoms with Crippen molar-refractivity contribution in [3.8, 4) is 0 Å². The van der Waals surface area contributed by atoms with Gasteiger partial charge in [0.2, 0.25) is 0 Å². The zero-order valence-corrected chi connectivity index (χ0v) is 15.7. The van der Waals surface area contributed by atoms with Crippen molar-refractivity contribution >= 4 is 35.0 Å². The highest BCUT2D eigenvalue weighted by Crippen LogP contribution is 2.46. The lowest BCUT2D eigenvalue weighted by Gasteiger charge is -2.39. The molecule has 132 valence electrons. The lowest BCUT2D eigenvalue weighted by atomic mass is 9.77. The van der Waals surface area contributed by atoms with Crippen LogP contribution in [0.3, 0.4) is 0 Å². The van der Waals surface area contributed by atoms with Gasteiger partial charge in [-0.2, -0.15) is 0 Å². The van der Waals surface area contributed by atoms with E-state index in [1.165, 1.54) is 50.3 Å². The number of pyridine rings is 1. The highest BCUT2D eigenvalue weighted by molar-refractivity contribution is 7.99. The molecule has 7 heteroatoms. The molecule has 0 unspecified atom stereocenters. The number of nitrogens with zero attached hydrogens (tertiary/aromatic N) is 4. The summed E-state index contributed by atoms with van der Waals surface area (Å²) in [5, 5.41) is 1.27. The summed E-state index contributed by atoms with van der Waals surface area (Å²) >= 11 is 7.65. The molecule has 2 N–H and O–H groups in total. The predicted molar refractivity (Wildman–Crippen MR) is 102 cm³/mol. The number of nitrogens with two attached hydrogens (primary N) is 1. The molecule has 1 aliphatic heterocycles. The summed E-state index contributed by atoms with van der Waals surface area (Å²) < 4.78 is 0. The molecule has 2 fully saturated rings. The average Bonchev–Trinajstić information content (AvgIpc) is 3.09. The Kier molecular flexibility index (Phi) is 4.73. The smallest absolute Gasteiger partial charge is 0.147 e. The van der Waals surface area contributed by atoms with Gasteiger partial charge in [-0.15, -0.1) is 0 Å². The van der Waals surface area contributed by atoms with E-state index in [0.717, 1.165) is 28.8 Å². The van der Waals surface area contributed by atoms with Gasteiger partial charge in [-0.05, 0) is 37.2 Å². The Bertz CT molecular complexity index is 736. The van der Waals surface area contributed by atoms with Crippen LogP contribution in [0.1, 0.15) is 38.5 Å². The molecule has 3 heterocycles. The van der Waals surface area contributed by atoms with Gasteiger partial charge in [-0.3, -0.25) is 0 Å². The summed E-state index contributed by atoms with van der Waals surface area (Å²) in [7, 11) is 0. The van der Waals surface area contributed by atoms with Gasteiger partial charge >= 0.3 is 0 Å². The van der Waals surface area contributed by atoms with Crippen LogP contribution < -0.4 is 10.6 Å². The first-order valence-corrected chi connectivity index (χ1v) is 10.00. The molecule has 1 aliphatic carbocycles. The summed E-state index contributed by atoms with van der Waals surface area (Å²) in [6.45, 7) is 2.18. The maximum absolute atomic E-state index is 6.19. The zero-order chi connectivity index (χ0) is 17.3. The van der Waals surface area contributed by atoms with Crippen molar-refractivity contribution in [2.45, 2.75) is 48.4 Å². The molecule has 0 radical (unpaired) electrons. The molecule has 1 saturated heterocycles. The van der Waals surface area contributed by atoms with Crippen molar-refractivity contribution in [2.24, 2.45) is 5.41 Å². The number of hydrogen-bond donors (Lipinski definition) is 1. The number of rotatable bonds is 3. The molecule has 2 aromatic heterocycles. The molecule has 5 nitrogen and oxygen atoms in total. The maximum Gasteiger partial charge on any atom is 0.147 e. The van der Waals surface area contributed by atoms with Gasteiger partial charge in [-0.1, -0.05) is 36.2 Å². The van der Waals surface area contributed by atoms with E-state index in [9.17, 15) is 0 Å². The van der Waals surface area contributed by atoms with Gasteiger partial charge in [0, 0.05) is 24.2 Å². The monoisotopic (exact) mass is 375 g/mol. The molecule has 0 atom stereocenters. The standard InChI is InChI=1S/C18H22ClN5S/c19-16-13(3-8-21-17(16)20)25-15-12-22-14(11-23-15)24-9-6-18(7-10-24)4-1-2-5-18/h3,8,11-12H,1-2,4-7,9-10H2,(H2,20,21). The van der Waals surface area contributed by atoms with Crippen molar-refractivity contribution in [3.05, 3.63) is 29.7 Å². The third-order valence-electron chi connectivity index (χ3n) is 5.52. The third kappa shape index (κ3) is 3.55. The first-order valence-electron chi connectivity index (χ1n) is 8.80. The van der Waals surface area contributed by atoms with E-state index in [1.54, 1.807) is 6.20 Å². The minimum absolute atomic E-state index is 0.338. The second kappa shape index (κ2) is 7.00. The van der Waals surface area contributed by atoms with Crippen LogP contribution in [0.5, 0.6) is 0 Å².